The van der Waals surface area contributed by atoms with Crippen LogP contribution in [0.25, 0.3) is 0 Å². The number of hydrogen-bond acceptors (Lipinski definition) is 3. The van der Waals surface area contributed by atoms with Crippen molar-refractivity contribution in [1.29, 1.82) is 0 Å². The van der Waals surface area contributed by atoms with E-state index in [1.165, 1.54) is 25.1 Å². The van der Waals surface area contributed by atoms with Crippen LogP contribution >= 0.6 is 11.8 Å². The first-order chi connectivity index (χ1) is 8.50. The fraction of sp³-hybridized carbons (Fsp3) is 0.929. The Balaban J connectivity index is 2.11. The zero-order valence-corrected chi connectivity index (χ0v) is 13.4. The second-order valence-electron chi connectivity index (χ2n) is 5.77. The maximum atomic E-state index is 4.65. The zero-order valence-electron chi connectivity index (χ0n) is 12.6. The van der Waals surface area contributed by atoms with Crippen LogP contribution in [0, 0.1) is 5.92 Å². The highest BCUT2D eigenvalue weighted by molar-refractivity contribution is 8.14. The highest BCUT2D eigenvalue weighted by Gasteiger charge is 2.22. The normalized spacial score (nSPS) is 22.4. The minimum atomic E-state index is 0.612. The van der Waals surface area contributed by atoms with Crippen LogP contribution in [0.5, 0.6) is 0 Å². The van der Waals surface area contributed by atoms with Crippen molar-refractivity contribution in [3.8, 4) is 0 Å². The van der Waals surface area contributed by atoms with Gasteiger partial charge in [0.25, 0.3) is 0 Å². The number of nitrogens with one attached hydrogen (secondary N) is 1. The van der Waals surface area contributed by atoms with E-state index in [-0.39, 0.29) is 0 Å². The Hall–Kier alpha value is -0.220. The number of nitrogens with zero attached hydrogens (tertiary/aromatic N) is 2. The summed E-state index contributed by atoms with van der Waals surface area (Å²) >= 11 is 1.88. The first-order valence-electron chi connectivity index (χ1n) is 7.14. The smallest absolute Gasteiger partial charge is 0.156 e. The van der Waals surface area contributed by atoms with Gasteiger partial charge in [-0.2, -0.15) is 0 Å². The largest absolute Gasteiger partial charge is 0.361 e. The molecule has 1 atom stereocenters. The molecule has 0 saturated carbocycles. The van der Waals surface area contributed by atoms with Gasteiger partial charge in [0.1, 0.15) is 0 Å². The number of unbranched alkanes of at least 4 members (excludes halogenated alkanes) is 1. The Labute approximate surface area is 117 Å². The minimum Gasteiger partial charge on any atom is -0.361 e. The Bertz CT molecular complexity index is 264. The first-order valence-corrected chi connectivity index (χ1v) is 8.13. The van der Waals surface area contributed by atoms with E-state index < -0.39 is 0 Å². The first kappa shape index (κ1) is 15.8. The van der Waals surface area contributed by atoms with Gasteiger partial charge >= 0.3 is 0 Å². The molecule has 0 bridgehead atoms. The van der Waals surface area contributed by atoms with Crippen LogP contribution in [-0.2, 0) is 0 Å². The predicted molar refractivity (Wildman–Crippen MR) is 83.5 cm³/mol. The van der Waals surface area contributed by atoms with E-state index >= 15 is 0 Å². The predicted octanol–water partition coefficient (Wildman–Crippen LogP) is 2.82. The zero-order chi connectivity index (χ0) is 13.5. The van der Waals surface area contributed by atoms with Crippen LogP contribution in [0.1, 0.15) is 40.5 Å². The van der Waals surface area contributed by atoms with Crippen LogP contribution in [0.2, 0.25) is 0 Å². The van der Waals surface area contributed by atoms with Gasteiger partial charge in [-0.15, -0.1) is 0 Å². The number of hydrogen-bond donors (Lipinski definition) is 1. The maximum Gasteiger partial charge on any atom is 0.156 e. The fourth-order valence-electron chi connectivity index (χ4n) is 1.77. The topological polar surface area (TPSA) is 27.6 Å². The Morgan fingerprint density at radius 1 is 1.33 bits per heavy atom. The number of amidine groups is 1. The second-order valence-corrected chi connectivity index (χ2v) is 6.78. The van der Waals surface area contributed by atoms with Crippen molar-refractivity contribution >= 4 is 16.9 Å². The van der Waals surface area contributed by atoms with E-state index in [0.717, 1.165) is 11.7 Å². The molecule has 1 rings (SSSR count). The van der Waals surface area contributed by atoms with Crippen LogP contribution in [0.4, 0.5) is 0 Å². The van der Waals surface area contributed by atoms with Gasteiger partial charge in [0.05, 0.1) is 0 Å². The molecule has 0 aromatic rings. The lowest BCUT2D eigenvalue weighted by molar-refractivity contribution is 0.269. The summed E-state index contributed by atoms with van der Waals surface area (Å²) in [6.07, 6.45) is 2.43. The highest BCUT2D eigenvalue weighted by Crippen LogP contribution is 2.18. The molecule has 1 fully saturated rings. The minimum absolute atomic E-state index is 0.612. The van der Waals surface area contributed by atoms with E-state index in [9.17, 15) is 0 Å². The van der Waals surface area contributed by atoms with E-state index in [4.69, 9.17) is 0 Å². The fourth-order valence-corrected chi connectivity index (χ4v) is 3.00. The van der Waals surface area contributed by atoms with Gasteiger partial charge in [0, 0.05) is 24.4 Å². The number of aliphatic imine (C=N–C) groups is 1. The highest BCUT2D eigenvalue weighted by atomic mass is 32.2. The van der Waals surface area contributed by atoms with Crippen LogP contribution in [-0.4, -0.2) is 48.0 Å². The molecule has 1 aliphatic rings. The average molecular weight is 271 g/mol. The number of rotatable bonds is 7. The Kier molecular flexibility index (Phi) is 7.08. The molecule has 0 aromatic carbocycles. The Morgan fingerprint density at radius 2 is 2.06 bits per heavy atom. The molecule has 106 valence electrons. The summed E-state index contributed by atoms with van der Waals surface area (Å²) in [6, 6.07) is 1.26. The lowest BCUT2D eigenvalue weighted by Gasteiger charge is -2.20. The monoisotopic (exact) mass is 271 g/mol. The molecule has 0 spiro atoms. The summed E-state index contributed by atoms with van der Waals surface area (Å²) in [6.45, 7) is 11.2. The third-order valence-electron chi connectivity index (χ3n) is 3.57. The molecule has 18 heavy (non-hydrogen) atoms. The quantitative estimate of drug-likeness (QED) is 0.722. The summed E-state index contributed by atoms with van der Waals surface area (Å²) in [7, 11) is 2.19. The molecule has 1 heterocycles. The van der Waals surface area contributed by atoms with Crippen molar-refractivity contribution in [2.24, 2.45) is 10.9 Å². The van der Waals surface area contributed by atoms with Crippen molar-refractivity contribution in [1.82, 2.24) is 10.2 Å². The van der Waals surface area contributed by atoms with Crippen LogP contribution < -0.4 is 5.32 Å². The summed E-state index contributed by atoms with van der Waals surface area (Å²) in [5.41, 5.74) is 0. The third-order valence-corrected chi connectivity index (χ3v) is 4.62. The molecule has 1 unspecified atom stereocenters. The van der Waals surface area contributed by atoms with Gasteiger partial charge in [0.15, 0.2) is 5.17 Å². The van der Waals surface area contributed by atoms with Gasteiger partial charge < -0.3 is 10.2 Å². The third kappa shape index (κ3) is 5.61. The van der Waals surface area contributed by atoms with E-state index in [2.05, 4.69) is 50.0 Å². The van der Waals surface area contributed by atoms with Crippen LogP contribution in [0.15, 0.2) is 4.99 Å². The summed E-state index contributed by atoms with van der Waals surface area (Å²) in [4.78, 5) is 7.04. The van der Waals surface area contributed by atoms with Crippen molar-refractivity contribution in [2.45, 2.75) is 52.6 Å². The van der Waals surface area contributed by atoms with E-state index in [1.807, 2.05) is 11.8 Å². The molecule has 0 aromatic heterocycles. The molecule has 1 saturated heterocycles. The number of thioether (sulfide) groups is 1. The van der Waals surface area contributed by atoms with E-state index in [0.29, 0.717) is 18.0 Å². The van der Waals surface area contributed by atoms with Gasteiger partial charge in [-0.3, -0.25) is 4.99 Å². The standard InChI is InChI=1S/C14H29N3S/c1-11(2)13-10-18-14(16-13)15-8-6-7-9-17(5)12(3)4/h11-13H,6-10H2,1-5H3,(H,15,16). The summed E-state index contributed by atoms with van der Waals surface area (Å²) in [5.74, 6) is 1.87. The van der Waals surface area contributed by atoms with Gasteiger partial charge in [-0.1, -0.05) is 25.6 Å². The molecule has 0 amide bonds. The molecule has 0 aliphatic carbocycles. The molecule has 1 N–H and O–H groups in total. The van der Waals surface area contributed by atoms with Crippen LogP contribution in [0.3, 0.4) is 0 Å². The summed E-state index contributed by atoms with van der Waals surface area (Å²) in [5, 5.41) is 4.67. The van der Waals surface area contributed by atoms with E-state index in [1.54, 1.807) is 0 Å². The lowest BCUT2D eigenvalue weighted by atomic mass is 10.1. The molecular formula is C14H29N3S. The molecular weight excluding hydrogens is 242 g/mol. The summed E-state index contributed by atoms with van der Waals surface area (Å²) < 4.78 is 0. The average Bonchev–Trinajstić information content (AvgIpc) is 2.77. The van der Waals surface area contributed by atoms with Crippen molar-refractivity contribution < 1.29 is 0 Å². The van der Waals surface area contributed by atoms with Crippen molar-refractivity contribution in [3.05, 3.63) is 0 Å². The molecule has 4 heteroatoms. The van der Waals surface area contributed by atoms with Gasteiger partial charge in [-0.25, -0.2) is 0 Å². The Morgan fingerprint density at radius 3 is 2.61 bits per heavy atom. The molecule has 3 nitrogen and oxygen atoms in total. The maximum absolute atomic E-state index is 4.65. The van der Waals surface area contributed by atoms with Gasteiger partial charge in [-0.05, 0) is 46.2 Å². The molecule has 1 aliphatic heterocycles. The molecule has 0 radical (unpaired) electrons. The van der Waals surface area contributed by atoms with Gasteiger partial charge in [0.2, 0.25) is 0 Å². The van der Waals surface area contributed by atoms with Crippen molar-refractivity contribution in [2.75, 3.05) is 25.9 Å². The van der Waals surface area contributed by atoms with Crippen molar-refractivity contribution in [3.63, 3.8) is 0 Å². The lowest BCUT2D eigenvalue weighted by Crippen LogP contribution is -2.31. The SMILES string of the molecule is CC(C)C1CSC(=NCCCCN(C)C(C)C)N1. The second kappa shape index (κ2) is 8.05.